The highest BCUT2D eigenvalue weighted by atomic mass is 16.7. The van der Waals surface area contributed by atoms with E-state index in [1.54, 1.807) is 0 Å². The first-order valence-electron chi connectivity index (χ1n) is 34.1. The number of esters is 2. The van der Waals surface area contributed by atoms with Crippen molar-refractivity contribution in [2.45, 2.75) is 296 Å². The Kier molecular flexibility index (Phi) is 60.8. The zero-order valence-electron chi connectivity index (χ0n) is 54.3. The molecule has 2 atom stereocenters. The van der Waals surface area contributed by atoms with Gasteiger partial charge in [-0.15, -0.1) is 0 Å². The zero-order valence-corrected chi connectivity index (χ0v) is 54.3. The van der Waals surface area contributed by atoms with Gasteiger partial charge in [-0.25, -0.2) is 4.79 Å². The first-order chi connectivity index (χ1) is 40.6. The smallest absolute Gasteiger partial charge is 0.361 e. The molecule has 0 aromatic carbocycles. The van der Waals surface area contributed by atoms with Crippen LogP contribution in [0.5, 0.6) is 0 Å². The number of rotatable bonds is 62. The molecule has 9 nitrogen and oxygen atoms in total. The van der Waals surface area contributed by atoms with Crippen molar-refractivity contribution in [3.8, 4) is 0 Å². The lowest BCUT2D eigenvalue weighted by Gasteiger charge is -2.25. The fraction of sp³-hybridized carbons (Fsp3) is 0.716. The number of hydrogen-bond acceptors (Lipinski definition) is 7. The normalized spacial score (nSPS) is 13.4. The molecule has 83 heavy (non-hydrogen) atoms. The number of likely N-dealkylation sites (N-methyl/N-ethyl adjacent to an activating group) is 1. The van der Waals surface area contributed by atoms with Gasteiger partial charge < -0.3 is 28.5 Å². The molecule has 0 aliphatic heterocycles. The van der Waals surface area contributed by atoms with Gasteiger partial charge in [-0.1, -0.05) is 284 Å². The first kappa shape index (κ1) is 79.0. The van der Waals surface area contributed by atoms with Crippen molar-refractivity contribution in [1.29, 1.82) is 0 Å². The van der Waals surface area contributed by atoms with E-state index in [2.05, 4.69) is 123 Å². The summed E-state index contributed by atoms with van der Waals surface area (Å²) in [4.78, 5) is 37.6. The molecule has 2 unspecified atom stereocenters. The quantitative estimate of drug-likeness (QED) is 0.0211. The molecule has 0 aromatic rings. The van der Waals surface area contributed by atoms with Crippen LogP contribution in [-0.2, 0) is 33.3 Å². The van der Waals surface area contributed by atoms with Crippen molar-refractivity contribution in [3.63, 3.8) is 0 Å². The van der Waals surface area contributed by atoms with Crippen molar-refractivity contribution >= 4 is 17.9 Å². The van der Waals surface area contributed by atoms with E-state index in [1.807, 2.05) is 21.1 Å². The SMILES string of the molecule is CC/C=C\C/C=C\C/C=C\C/C=C\C/C=C\CCCCCCCCCCCC(=O)OC(COC(=O)CCCCCCCCCCCCCCCCCCCCCC/C=C\C/C=C\C/C=C\C/C=C\CC)COC(OCC[N+](C)(C)C)C(=O)O. The van der Waals surface area contributed by atoms with E-state index in [0.29, 0.717) is 23.9 Å². The van der Waals surface area contributed by atoms with E-state index in [1.165, 1.54) is 148 Å². The Morgan fingerprint density at radius 1 is 0.361 bits per heavy atom. The largest absolute Gasteiger partial charge is 0.477 e. The predicted octanol–water partition coefficient (Wildman–Crippen LogP) is 21.0. The molecule has 0 spiro atoms. The number of carboxylic acids is 1. The summed E-state index contributed by atoms with van der Waals surface area (Å²) in [5.41, 5.74) is 0. The van der Waals surface area contributed by atoms with Crippen LogP contribution in [0.25, 0.3) is 0 Å². The topological polar surface area (TPSA) is 108 Å². The van der Waals surface area contributed by atoms with Gasteiger partial charge in [-0.3, -0.25) is 9.59 Å². The van der Waals surface area contributed by atoms with E-state index >= 15 is 0 Å². The predicted molar refractivity (Wildman–Crippen MR) is 355 cm³/mol. The number of nitrogens with zero attached hydrogens (tertiary/aromatic N) is 1. The maximum atomic E-state index is 12.9. The lowest BCUT2D eigenvalue weighted by Crippen LogP contribution is -2.40. The van der Waals surface area contributed by atoms with Crippen LogP contribution >= 0.6 is 0 Å². The Labute approximate surface area is 511 Å². The first-order valence-corrected chi connectivity index (χ1v) is 34.1. The van der Waals surface area contributed by atoms with Gasteiger partial charge in [-0.05, 0) is 96.3 Å². The maximum Gasteiger partial charge on any atom is 0.361 e. The molecule has 0 saturated carbocycles. The van der Waals surface area contributed by atoms with E-state index in [-0.39, 0.29) is 32.2 Å². The average molecular weight is 1160 g/mol. The lowest BCUT2D eigenvalue weighted by atomic mass is 10.0. The minimum absolute atomic E-state index is 0.183. The Morgan fingerprint density at radius 3 is 0.964 bits per heavy atom. The summed E-state index contributed by atoms with van der Waals surface area (Å²) in [6.45, 7) is 4.66. The fourth-order valence-electron chi connectivity index (χ4n) is 9.39. The van der Waals surface area contributed by atoms with Gasteiger partial charge in [0, 0.05) is 12.8 Å². The van der Waals surface area contributed by atoms with Crippen LogP contribution in [0.1, 0.15) is 284 Å². The van der Waals surface area contributed by atoms with Crippen molar-refractivity contribution < 1.29 is 42.9 Å². The van der Waals surface area contributed by atoms with Gasteiger partial charge in [0.15, 0.2) is 6.10 Å². The fourth-order valence-corrected chi connectivity index (χ4v) is 9.39. The Hall–Kier alpha value is -4.05. The molecule has 0 aromatic heterocycles. The molecule has 0 amide bonds. The second kappa shape index (κ2) is 64.0. The van der Waals surface area contributed by atoms with Crippen molar-refractivity contribution in [3.05, 3.63) is 109 Å². The van der Waals surface area contributed by atoms with Crippen molar-refractivity contribution in [1.82, 2.24) is 0 Å². The third kappa shape index (κ3) is 65.3. The van der Waals surface area contributed by atoms with Crippen LogP contribution in [0.2, 0.25) is 0 Å². The summed E-state index contributed by atoms with van der Waals surface area (Å²) in [7, 11) is 5.97. The van der Waals surface area contributed by atoms with Gasteiger partial charge in [0.1, 0.15) is 13.2 Å². The number of quaternary nitrogens is 1. The third-order valence-corrected chi connectivity index (χ3v) is 14.5. The molecule has 0 aliphatic rings. The molecule has 0 bridgehead atoms. The van der Waals surface area contributed by atoms with Crippen LogP contribution in [-0.4, -0.2) is 87.4 Å². The highest BCUT2D eigenvalue weighted by Crippen LogP contribution is 2.17. The van der Waals surface area contributed by atoms with Crippen LogP contribution < -0.4 is 0 Å². The Morgan fingerprint density at radius 2 is 0.651 bits per heavy atom. The maximum absolute atomic E-state index is 12.9. The summed E-state index contributed by atoms with van der Waals surface area (Å²) in [5.74, 6) is -2.01. The summed E-state index contributed by atoms with van der Waals surface area (Å²) in [6, 6.07) is 0. The van der Waals surface area contributed by atoms with E-state index < -0.39 is 24.3 Å². The number of hydrogen-bond donors (Lipinski definition) is 1. The molecule has 476 valence electrons. The molecule has 0 saturated heterocycles. The zero-order chi connectivity index (χ0) is 60.5. The van der Waals surface area contributed by atoms with Crippen LogP contribution in [0.15, 0.2) is 109 Å². The summed E-state index contributed by atoms with van der Waals surface area (Å²) in [6.07, 6.45) is 86.2. The number of aliphatic carboxylic acids is 1. The van der Waals surface area contributed by atoms with Crippen LogP contribution in [0, 0.1) is 0 Å². The molecule has 9 heteroatoms. The molecule has 0 aliphatic carbocycles. The van der Waals surface area contributed by atoms with Crippen LogP contribution in [0.3, 0.4) is 0 Å². The number of carbonyl (C=O) groups excluding carboxylic acids is 2. The van der Waals surface area contributed by atoms with Crippen LogP contribution in [0.4, 0.5) is 0 Å². The van der Waals surface area contributed by atoms with E-state index in [0.717, 1.165) is 103 Å². The second-order valence-electron chi connectivity index (χ2n) is 23.7. The number of unbranched alkanes of at least 4 members (excludes halogenated alkanes) is 29. The van der Waals surface area contributed by atoms with Gasteiger partial charge >= 0.3 is 17.9 Å². The van der Waals surface area contributed by atoms with Crippen molar-refractivity contribution in [2.24, 2.45) is 0 Å². The molecule has 0 radical (unpaired) electrons. The highest BCUT2D eigenvalue weighted by molar-refractivity contribution is 5.71. The van der Waals surface area contributed by atoms with Gasteiger partial charge in [0.25, 0.3) is 6.29 Å². The molecule has 0 rings (SSSR count). The van der Waals surface area contributed by atoms with Gasteiger partial charge in [-0.2, -0.15) is 0 Å². The monoisotopic (exact) mass is 1160 g/mol. The number of carbonyl (C=O) groups is 3. The second-order valence-corrected chi connectivity index (χ2v) is 23.7. The minimum Gasteiger partial charge on any atom is -0.477 e. The number of carboxylic acid groups (broad SMARTS) is 1. The summed E-state index contributed by atoms with van der Waals surface area (Å²) >= 11 is 0. The average Bonchev–Trinajstić information content (AvgIpc) is 3.46. The van der Waals surface area contributed by atoms with Gasteiger partial charge in [0.2, 0.25) is 0 Å². The Bertz CT molecular complexity index is 1730. The molecular weight excluding hydrogens is 1030 g/mol. The number of allylic oxidation sites excluding steroid dienone is 18. The highest BCUT2D eigenvalue weighted by Gasteiger charge is 2.25. The van der Waals surface area contributed by atoms with Crippen molar-refractivity contribution in [2.75, 3.05) is 47.5 Å². The Balaban J connectivity index is 4.11. The molecule has 0 fully saturated rings. The van der Waals surface area contributed by atoms with Gasteiger partial charge in [0.05, 0.1) is 34.4 Å². The summed E-state index contributed by atoms with van der Waals surface area (Å²) in [5, 5.41) is 9.74. The standard InChI is InChI=1S/C74H127NO8/c1-6-8-10-12-14-16-18-20-22-24-26-28-30-32-33-34-35-36-37-38-39-41-42-44-46-48-50-52-54-56-58-60-62-64-71(76)81-68-70(69-82-74(73(78)79)80-67-66-75(3,4)5)83-72(77)65-63-61-59-57-55-53-51-49-47-45-43-40-31-29-27-25-23-21-19-17-15-13-11-9-7-2/h8-11,14-17,20-23,26-29,40,43,70,74H,6-7,12-13,18-19,24-25,30-39,41-42,44-69H2,1-5H3/p+1/b10-8-,11-9-,16-14-,17-15-,22-20-,23-21-,28-26-,29-27-,43-40-. The summed E-state index contributed by atoms with van der Waals surface area (Å²) < 4.78 is 23.0. The molecule has 0 heterocycles. The van der Waals surface area contributed by atoms with E-state index in [4.69, 9.17) is 18.9 Å². The minimum atomic E-state index is -1.52. The van der Waals surface area contributed by atoms with E-state index in [9.17, 15) is 19.5 Å². The molecule has 1 N–H and O–H groups in total. The lowest BCUT2D eigenvalue weighted by molar-refractivity contribution is -0.870. The molecular formula is C74H128NO8+. The number of ether oxygens (including phenoxy) is 4. The third-order valence-electron chi connectivity index (χ3n) is 14.5.